The Morgan fingerprint density at radius 2 is 1.91 bits per heavy atom. The molecule has 2 aliphatic rings. The van der Waals surface area contributed by atoms with Gasteiger partial charge in [-0.2, -0.15) is 0 Å². The van der Waals surface area contributed by atoms with Crippen molar-refractivity contribution in [1.29, 1.82) is 0 Å². The van der Waals surface area contributed by atoms with E-state index in [0.29, 0.717) is 19.0 Å². The van der Waals surface area contributed by atoms with E-state index in [1.807, 2.05) is 23.1 Å². The first-order valence-electron chi connectivity index (χ1n) is 8.76. The van der Waals surface area contributed by atoms with E-state index in [2.05, 4.69) is 24.4 Å². The molecule has 2 fully saturated rings. The van der Waals surface area contributed by atoms with Gasteiger partial charge < -0.3 is 10.2 Å². The minimum absolute atomic E-state index is 0.0468. The molecule has 4 nitrogen and oxygen atoms in total. The Balaban J connectivity index is 1.48. The molecule has 23 heavy (non-hydrogen) atoms. The van der Waals surface area contributed by atoms with Crippen molar-refractivity contribution in [2.45, 2.75) is 38.5 Å². The van der Waals surface area contributed by atoms with Crippen molar-refractivity contribution in [1.82, 2.24) is 10.2 Å². The summed E-state index contributed by atoms with van der Waals surface area (Å²) in [4.78, 5) is 26.5. The lowest BCUT2D eigenvalue weighted by Gasteiger charge is -2.32. The SMILES string of the molecule is C[C@H](CNC(=O)[C@H]1CCCN(C(=O)C2CC2)C1)c1ccccc1. The molecule has 0 aromatic heterocycles. The maximum atomic E-state index is 12.4. The number of likely N-dealkylation sites (tertiary alicyclic amines) is 1. The van der Waals surface area contributed by atoms with Crippen molar-refractivity contribution in [3.63, 3.8) is 0 Å². The standard InChI is InChI=1S/C19H26N2O2/c1-14(15-6-3-2-4-7-15)12-20-18(22)17-8-5-11-21(13-17)19(23)16-9-10-16/h2-4,6-7,14,16-17H,5,8-13H2,1H3,(H,20,22)/t14-,17+/m1/s1. The predicted molar refractivity (Wildman–Crippen MR) is 89.9 cm³/mol. The minimum atomic E-state index is -0.0468. The van der Waals surface area contributed by atoms with Gasteiger partial charge in [0.15, 0.2) is 0 Å². The molecule has 1 aromatic rings. The van der Waals surface area contributed by atoms with Crippen molar-refractivity contribution >= 4 is 11.8 Å². The maximum Gasteiger partial charge on any atom is 0.225 e. The lowest BCUT2D eigenvalue weighted by molar-refractivity contribution is -0.136. The fraction of sp³-hybridized carbons (Fsp3) is 0.579. The molecule has 0 spiro atoms. The van der Waals surface area contributed by atoms with Gasteiger partial charge in [-0.1, -0.05) is 37.3 Å². The fourth-order valence-electron chi connectivity index (χ4n) is 3.28. The lowest BCUT2D eigenvalue weighted by atomic mass is 9.96. The molecular weight excluding hydrogens is 288 g/mol. The Bertz CT molecular complexity index is 554. The summed E-state index contributed by atoms with van der Waals surface area (Å²) >= 11 is 0. The summed E-state index contributed by atoms with van der Waals surface area (Å²) in [5.41, 5.74) is 1.24. The van der Waals surface area contributed by atoms with Crippen LogP contribution in [0.4, 0.5) is 0 Å². The van der Waals surface area contributed by atoms with Crippen molar-refractivity contribution in [3.8, 4) is 0 Å². The quantitative estimate of drug-likeness (QED) is 0.908. The second-order valence-electron chi connectivity index (χ2n) is 6.95. The van der Waals surface area contributed by atoms with Gasteiger partial charge in [-0.25, -0.2) is 0 Å². The summed E-state index contributed by atoms with van der Waals surface area (Å²) in [5.74, 6) is 0.860. The average molecular weight is 314 g/mol. The third kappa shape index (κ3) is 4.12. The number of piperidine rings is 1. The van der Waals surface area contributed by atoms with Crippen LogP contribution in [0.3, 0.4) is 0 Å². The van der Waals surface area contributed by atoms with E-state index in [1.165, 1.54) is 5.56 Å². The molecule has 3 rings (SSSR count). The molecule has 1 aromatic carbocycles. The van der Waals surface area contributed by atoms with Gasteiger partial charge in [-0.15, -0.1) is 0 Å². The van der Waals surface area contributed by atoms with Gasteiger partial charge in [0.1, 0.15) is 0 Å². The third-order valence-corrected chi connectivity index (χ3v) is 4.98. The molecule has 1 heterocycles. The molecule has 2 amide bonds. The van der Waals surface area contributed by atoms with E-state index < -0.39 is 0 Å². The molecule has 0 unspecified atom stereocenters. The number of benzene rings is 1. The van der Waals surface area contributed by atoms with Gasteiger partial charge in [-0.3, -0.25) is 9.59 Å². The zero-order chi connectivity index (χ0) is 16.2. The summed E-state index contributed by atoms with van der Waals surface area (Å²) < 4.78 is 0. The van der Waals surface area contributed by atoms with Crippen LogP contribution in [-0.2, 0) is 9.59 Å². The van der Waals surface area contributed by atoms with Crippen molar-refractivity contribution < 1.29 is 9.59 Å². The van der Waals surface area contributed by atoms with Crippen LogP contribution in [0.25, 0.3) is 0 Å². The number of carbonyl (C=O) groups excluding carboxylic acids is 2. The van der Waals surface area contributed by atoms with Crippen LogP contribution in [0.5, 0.6) is 0 Å². The highest BCUT2D eigenvalue weighted by Crippen LogP contribution is 2.32. The normalized spacial score (nSPS) is 22.5. The topological polar surface area (TPSA) is 49.4 Å². The molecule has 1 saturated heterocycles. The third-order valence-electron chi connectivity index (χ3n) is 4.98. The van der Waals surface area contributed by atoms with Crippen LogP contribution in [0, 0.1) is 11.8 Å². The molecule has 1 saturated carbocycles. The molecule has 1 N–H and O–H groups in total. The Morgan fingerprint density at radius 1 is 1.17 bits per heavy atom. The van der Waals surface area contributed by atoms with Crippen LogP contribution < -0.4 is 5.32 Å². The van der Waals surface area contributed by atoms with Gasteiger partial charge >= 0.3 is 0 Å². The van der Waals surface area contributed by atoms with Crippen LogP contribution in [-0.4, -0.2) is 36.3 Å². The summed E-state index contributed by atoms with van der Waals surface area (Å²) in [6.07, 6.45) is 3.88. The summed E-state index contributed by atoms with van der Waals surface area (Å²) in [5, 5.41) is 3.08. The lowest BCUT2D eigenvalue weighted by Crippen LogP contribution is -2.46. The van der Waals surface area contributed by atoms with Gasteiger partial charge in [0.2, 0.25) is 11.8 Å². The number of nitrogens with zero attached hydrogens (tertiary/aromatic N) is 1. The second-order valence-corrected chi connectivity index (χ2v) is 6.95. The van der Waals surface area contributed by atoms with Crippen LogP contribution >= 0.6 is 0 Å². The Kier molecular flexibility index (Phi) is 4.99. The van der Waals surface area contributed by atoms with Crippen LogP contribution in [0.1, 0.15) is 44.1 Å². The zero-order valence-electron chi connectivity index (χ0n) is 13.8. The van der Waals surface area contributed by atoms with Crippen molar-refractivity contribution in [2.24, 2.45) is 11.8 Å². The smallest absolute Gasteiger partial charge is 0.225 e. The number of rotatable bonds is 5. The van der Waals surface area contributed by atoms with Crippen LogP contribution in [0.2, 0.25) is 0 Å². The van der Waals surface area contributed by atoms with E-state index >= 15 is 0 Å². The first-order chi connectivity index (χ1) is 11.1. The molecule has 124 valence electrons. The largest absolute Gasteiger partial charge is 0.355 e. The Hall–Kier alpha value is -1.84. The zero-order valence-corrected chi connectivity index (χ0v) is 13.8. The van der Waals surface area contributed by atoms with E-state index in [0.717, 1.165) is 32.2 Å². The first kappa shape index (κ1) is 16.0. The minimum Gasteiger partial charge on any atom is -0.355 e. The van der Waals surface area contributed by atoms with Gasteiger partial charge in [0, 0.05) is 25.6 Å². The highest BCUT2D eigenvalue weighted by Gasteiger charge is 2.36. The fourth-order valence-corrected chi connectivity index (χ4v) is 3.28. The molecule has 1 aliphatic carbocycles. The Morgan fingerprint density at radius 3 is 2.61 bits per heavy atom. The molecule has 0 bridgehead atoms. The summed E-state index contributed by atoms with van der Waals surface area (Å²) in [7, 11) is 0. The maximum absolute atomic E-state index is 12.4. The highest BCUT2D eigenvalue weighted by atomic mass is 16.2. The van der Waals surface area contributed by atoms with Gasteiger partial charge in [-0.05, 0) is 37.2 Å². The molecule has 1 aliphatic heterocycles. The monoisotopic (exact) mass is 314 g/mol. The van der Waals surface area contributed by atoms with Crippen molar-refractivity contribution in [3.05, 3.63) is 35.9 Å². The number of amides is 2. The van der Waals surface area contributed by atoms with E-state index in [4.69, 9.17) is 0 Å². The summed E-state index contributed by atoms with van der Waals surface area (Å²) in [6.45, 7) is 4.19. The van der Waals surface area contributed by atoms with E-state index in [-0.39, 0.29) is 23.7 Å². The predicted octanol–water partition coefficient (Wildman–Crippen LogP) is 2.55. The number of hydrogen-bond acceptors (Lipinski definition) is 2. The van der Waals surface area contributed by atoms with Crippen LogP contribution in [0.15, 0.2) is 30.3 Å². The average Bonchev–Trinajstić information content (AvgIpc) is 3.44. The van der Waals surface area contributed by atoms with Crippen molar-refractivity contribution in [2.75, 3.05) is 19.6 Å². The number of hydrogen-bond donors (Lipinski definition) is 1. The second kappa shape index (κ2) is 7.16. The summed E-state index contributed by atoms with van der Waals surface area (Å²) in [6, 6.07) is 10.2. The number of nitrogens with one attached hydrogen (secondary N) is 1. The molecular formula is C19H26N2O2. The first-order valence-corrected chi connectivity index (χ1v) is 8.76. The van der Waals surface area contributed by atoms with E-state index in [1.54, 1.807) is 0 Å². The highest BCUT2D eigenvalue weighted by molar-refractivity contribution is 5.83. The van der Waals surface area contributed by atoms with Gasteiger partial charge in [0.05, 0.1) is 5.92 Å². The molecule has 0 radical (unpaired) electrons. The van der Waals surface area contributed by atoms with E-state index in [9.17, 15) is 9.59 Å². The number of carbonyl (C=O) groups is 2. The molecule has 4 heteroatoms. The molecule has 2 atom stereocenters. The van der Waals surface area contributed by atoms with Gasteiger partial charge in [0.25, 0.3) is 0 Å². The Labute approximate surface area is 138 Å².